The van der Waals surface area contributed by atoms with Crippen molar-refractivity contribution in [3.63, 3.8) is 0 Å². The minimum atomic E-state index is -0.527. The molecular formula is C14H25NO4. The third-order valence-electron chi connectivity index (χ3n) is 2.01. The van der Waals surface area contributed by atoms with Crippen molar-refractivity contribution in [3.05, 3.63) is 12.2 Å². The fourth-order valence-electron chi connectivity index (χ4n) is 1.27. The lowest BCUT2D eigenvalue weighted by molar-refractivity contribution is -0.137. The predicted octanol–water partition coefficient (Wildman–Crippen LogP) is 2.80. The lowest BCUT2D eigenvalue weighted by Crippen LogP contribution is -2.45. The van der Waals surface area contributed by atoms with Gasteiger partial charge in [-0.25, -0.2) is 9.59 Å². The van der Waals surface area contributed by atoms with E-state index >= 15 is 0 Å². The van der Waals surface area contributed by atoms with Crippen LogP contribution in [0.4, 0.5) is 4.79 Å². The highest BCUT2D eigenvalue weighted by Gasteiger charge is 2.23. The number of ether oxygens (including phenoxy) is 2. The van der Waals surface area contributed by atoms with Crippen LogP contribution in [0.1, 0.15) is 48.0 Å². The van der Waals surface area contributed by atoms with Gasteiger partial charge in [-0.3, -0.25) is 0 Å². The van der Waals surface area contributed by atoms with E-state index in [9.17, 15) is 9.59 Å². The highest BCUT2D eigenvalue weighted by atomic mass is 16.6. The summed E-state index contributed by atoms with van der Waals surface area (Å²) >= 11 is 0. The van der Waals surface area contributed by atoms with Gasteiger partial charge in [-0.15, -0.1) is 0 Å². The molecule has 0 aliphatic carbocycles. The quantitative estimate of drug-likeness (QED) is 0.617. The van der Waals surface area contributed by atoms with Crippen LogP contribution in [0, 0.1) is 0 Å². The number of amides is 1. The molecule has 0 aromatic rings. The summed E-state index contributed by atoms with van der Waals surface area (Å²) in [6, 6.07) is 0. The molecule has 0 radical (unpaired) electrons. The van der Waals surface area contributed by atoms with Crippen molar-refractivity contribution in [1.82, 2.24) is 5.32 Å². The number of alkyl carbamates (subject to hydrolysis) is 1. The molecule has 5 nitrogen and oxygen atoms in total. The first-order valence-corrected chi connectivity index (χ1v) is 6.40. The largest absolute Gasteiger partial charge is 0.463 e. The van der Waals surface area contributed by atoms with Crippen molar-refractivity contribution in [2.45, 2.75) is 59.1 Å². The first kappa shape index (κ1) is 17.5. The van der Waals surface area contributed by atoms with E-state index in [1.54, 1.807) is 33.8 Å². The molecule has 1 amide bonds. The molecule has 0 heterocycles. The van der Waals surface area contributed by atoms with Crippen LogP contribution in [0.25, 0.3) is 0 Å². The van der Waals surface area contributed by atoms with Crippen molar-refractivity contribution in [2.24, 2.45) is 0 Å². The zero-order valence-electron chi connectivity index (χ0n) is 12.7. The molecule has 1 N–H and O–H groups in total. The van der Waals surface area contributed by atoms with Crippen LogP contribution >= 0.6 is 0 Å². The Balaban J connectivity index is 4.25. The summed E-state index contributed by atoms with van der Waals surface area (Å²) in [6.45, 7) is 11.2. The van der Waals surface area contributed by atoms with Gasteiger partial charge < -0.3 is 14.8 Å². The number of rotatable bonds is 5. The zero-order chi connectivity index (χ0) is 15.1. The van der Waals surface area contributed by atoms with Crippen LogP contribution in [-0.4, -0.2) is 29.8 Å². The first-order valence-electron chi connectivity index (χ1n) is 6.40. The summed E-state index contributed by atoms with van der Waals surface area (Å²) < 4.78 is 9.94. The van der Waals surface area contributed by atoms with Gasteiger partial charge in [0.05, 0.1) is 6.61 Å². The second kappa shape index (κ2) is 7.16. The Morgan fingerprint density at radius 1 is 1.16 bits per heavy atom. The normalized spacial score (nSPS) is 12.3. The third-order valence-corrected chi connectivity index (χ3v) is 2.01. The van der Waals surface area contributed by atoms with Gasteiger partial charge in [-0.05, 0) is 48.0 Å². The Hall–Kier alpha value is -1.52. The number of nitrogens with one attached hydrogen (secondary N) is 1. The first-order chi connectivity index (χ1) is 8.56. The molecule has 0 aliphatic heterocycles. The third kappa shape index (κ3) is 10.1. The minimum absolute atomic E-state index is 0.350. The molecule has 0 bridgehead atoms. The summed E-state index contributed by atoms with van der Waals surface area (Å²) in [5.41, 5.74) is -1.02. The van der Waals surface area contributed by atoms with E-state index < -0.39 is 17.2 Å². The van der Waals surface area contributed by atoms with Crippen LogP contribution in [-0.2, 0) is 14.3 Å². The van der Waals surface area contributed by atoms with Crippen molar-refractivity contribution >= 4 is 12.1 Å². The van der Waals surface area contributed by atoms with Gasteiger partial charge in [-0.1, -0.05) is 6.08 Å². The maximum absolute atomic E-state index is 11.6. The van der Waals surface area contributed by atoms with Gasteiger partial charge in [0.1, 0.15) is 5.60 Å². The Labute approximate surface area is 115 Å². The van der Waals surface area contributed by atoms with Gasteiger partial charge in [0.2, 0.25) is 0 Å². The van der Waals surface area contributed by atoms with E-state index in [1.807, 2.05) is 13.8 Å². The molecule has 19 heavy (non-hydrogen) atoms. The van der Waals surface area contributed by atoms with Gasteiger partial charge in [0.25, 0.3) is 0 Å². The number of esters is 1. The predicted molar refractivity (Wildman–Crippen MR) is 73.8 cm³/mol. The number of carbonyl (C=O) groups is 2. The van der Waals surface area contributed by atoms with Gasteiger partial charge in [-0.2, -0.15) is 0 Å². The summed E-state index contributed by atoms with van der Waals surface area (Å²) in [5.74, 6) is -0.379. The summed E-state index contributed by atoms with van der Waals surface area (Å²) in [7, 11) is 0. The molecule has 110 valence electrons. The van der Waals surface area contributed by atoms with Crippen molar-refractivity contribution in [1.29, 1.82) is 0 Å². The lowest BCUT2D eigenvalue weighted by Gasteiger charge is -2.27. The molecule has 0 aromatic carbocycles. The van der Waals surface area contributed by atoms with E-state index in [-0.39, 0.29) is 5.97 Å². The topological polar surface area (TPSA) is 64.6 Å². The smallest absolute Gasteiger partial charge is 0.408 e. The Kier molecular flexibility index (Phi) is 6.59. The Morgan fingerprint density at radius 3 is 2.21 bits per heavy atom. The molecule has 0 rings (SSSR count). The summed E-state index contributed by atoms with van der Waals surface area (Å²) in [4.78, 5) is 22.7. The molecule has 5 heteroatoms. The van der Waals surface area contributed by atoms with Gasteiger partial charge in [0, 0.05) is 11.6 Å². The van der Waals surface area contributed by atoms with Crippen molar-refractivity contribution in [3.8, 4) is 0 Å². The fraction of sp³-hybridized carbons (Fsp3) is 0.714. The molecule has 0 saturated heterocycles. The summed E-state index contributed by atoms with van der Waals surface area (Å²) in [6.07, 6.45) is 3.07. The van der Waals surface area contributed by atoms with Crippen molar-refractivity contribution < 1.29 is 19.1 Å². The SMILES string of the molecule is CCOC(=O)/C=C/CC(C)(C)NC(=O)OC(C)(C)C. The van der Waals surface area contributed by atoms with Gasteiger partial charge in [0.15, 0.2) is 0 Å². The standard InChI is InChI=1S/C14H25NO4/c1-7-18-11(16)9-8-10-14(5,6)15-12(17)19-13(2,3)4/h8-9H,7,10H2,1-6H3,(H,15,17)/b9-8+. The van der Waals surface area contributed by atoms with E-state index in [0.29, 0.717) is 13.0 Å². The monoisotopic (exact) mass is 271 g/mol. The minimum Gasteiger partial charge on any atom is -0.463 e. The molecule has 0 aromatic heterocycles. The molecule has 0 aliphatic rings. The van der Waals surface area contributed by atoms with Crippen LogP contribution in [0.3, 0.4) is 0 Å². The highest BCUT2D eigenvalue weighted by Crippen LogP contribution is 2.12. The zero-order valence-corrected chi connectivity index (χ0v) is 12.7. The average Bonchev–Trinajstić information content (AvgIpc) is 2.12. The Morgan fingerprint density at radius 2 is 1.74 bits per heavy atom. The molecule has 0 saturated carbocycles. The van der Waals surface area contributed by atoms with E-state index in [2.05, 4.69) is 5.32 Å². The number of hydrogen-bond acceptors (Lipinski definition) is 4. The van der Waals surface area contributed by atoms with Crippen LogP contribution in [0.15, 0.2) is 12.2 Å². The second-order valence-corrected chi connectivity index (χ2v) is 5.87. The van der Waals surface area contributed by atoms with Crippen LogP contribution in [0.5, 0.6) is 0 Å². The number of hydrogen-bond donors (Lipinski definition) is 1. The van der Waals surface area contributed by atoms with Crippen LogP contribution in [0.2, 0.25) is 0 Å². The fourth-order valence-corrected chi connectivity index (χ4v) is 1.27. The van der Waals surface area contributed by atoms with E-state index in [1.165, 1.54) is 6.08 Å². The average molecular weight is 271 g/mol. The molecule has 0 atom stereocenters. The summed E-state index contributed by atoms with van der Waals surface area (Å²) in [5, 5.41) is 2.75. The molecular weight excluding hydrogens is 246 g/mol. The maximum Gasteiger partial charge on any atom is 0.408 e. The molecule has 0 fully saturated rings. The van der Waals surface area contributed by atoms with Crippen molar-refractivity contribution in [2.75, 3.05) is 6.61 Å². The highest BCUT2D eigenvalue weighted by molar-refractivity contribution is 5.81. The van der Waals surface area contributed by atoms with Gasteiger partial charge >= 0.3 is 12.1 Å². The molecule has 0 spiro atoms. The molecule has 0 unspecified atom stereocenters. The van der Waals surface area contributed by atoms with E-state index in [0.717, 1.165) is 0 Å². The number of carbonyl (C=O) groups excluding carboxylic acids is 2. The van der Waals surface area contributed by atoms with E-state index in [4.69, 9.17) is 9.47 Å². The maximum atomic E-state index is 11.6. The lowest BCUT2D eigenvalue weighted by atomic mass is 10.0. The van der Waals surface area contributed by atoms with Crippen LogP contribution < -0.4 is 5.32 Å². The second-order valence-electron chi connectivity index (χ2n) is 5.87. The Bertz CT molecular complexity index is 340.